The summed E-state index contributed by atoms with van der Waals surface area (Å²) in [5.74, 6) is -0.108. The third-order valence-electron chi connectivity index (χ3n) is 4.23. The molecule has 0 saturated carbocycles. The molecule has 0 bridgehead atoms. The lowest BCUT2D eigenvalue weighted by atomic mass is 9.98. The van der Waals surface area contributed by atoms with E-state index in [1.165, 1.54) is 22.5 Å². The minimum absolute atomic E-state index is 0.108. The third-order valence-corrected chi connectivity index (χ3v) is 5.14. The Morgan fingerprint density at radius 3 is 3.08 bits per heavy atom. The highest BCUT2D eigenvalue weighted by molar-refractivity contribution is 7.15. The quantitative estimate of drug-likeness (QED) is 0.759. The lowest BCUT2D eigenvalue weighted by molar-refractivity contribution is 0.102. The highest BCUT2D eigenvalue weighted by Crippen LogP contribution is 2.22. The number of carbonyl (C=O) groups excluding carboxylic acids is 1. The van der Waals surface area contributed by atoms with Crippen LogP contribution >= 0.6 is 11.3 Å². The van der Waals surface area contributed by atoms with E-state index in [1.54, 1.807) is 6.20 Å². The van der Waals surface area contributed by atoms with Crippen LogP contribution in [0.3, 0.4) is 0 Å². The number of carbonyl (C=O) groups is 1. The predicted octanol–water partition coefficient (Wildman–Crippen LogP) is 3.03. The Bertz CT molecular complexity index is 891. The maximum Gasteiger partial charge on any atom is 0.257 e. The van der Waals surface area contributed by atoms with E-state index in [-0.39, 0.29) is 5.91 Å². The van der Waals surface area contributed by atoms with E-state index in [0.29, 0.717) is 10.7 Å². The van der Waals surface area contributed by atoms with E-state index in [9.17, 15) is 4.79 Å². The fourth-order valence-corrected chi connectivity index (χ4v) is 3.78. The number of aromatic nitrogens is 2. The van der Waals surface area contributed by atoms with Gasteiger partial charge in [0.15, 0.2) is 5.13 Å². The molecule has 5 nitrogen and oxygen atoms in total. The van der Waals surface area contributed by atoms with Gasteiger partial charge in [0.25, 0.3) is 5.91 Å². The number of rotatable bonds is 4. The molecule has 0 unspecified atom stereocenters. The van der Waals surface area contributed by atoms with Gasteiger partial charge in [0.2, 0.25) is 0 Å². The standard InChI is InChI=1S/C19H18N4OS/c24-18(15-3-4-16-11-21-7-5-14(16)9-15)23-19-22-12-17(25-19)8-13-2-1-6-20-10-13/h1-4,6,9-10,12,21H,5,7-8,11H2,(H,22,23,24). The van der Waals surface area contributed by atoms with E-state index in [4.69, 9.17) is 0 Å². The summed E-state index contributed by atoms with van der Waals surface area (Å²) >= 11 is 1.50. The van der Waals surface area contributed by atoms with Gasteiger partial charge < -0.3 is 5.32 Å². The van der Waals surface area contributed by atoms with Crippen molar-refractivity contribution in [3.05, 3.63) is 76.1 Å². The molecule has 25 heavy (non-hydrogen) atoms. The van der Waals surface area contributed by atoms with Gasteiger partial charge in [0.05, 0.1) is 0 Å². The first-order valence-electron chi connectivity index (χ1n) is 8.25. The summed E-state index contributed by atoms with van der Waals surface area (Å²) in [7, 11) is 0. The van der Waals surface area contributed by atoms with Gasteiger partial charge >= 0.3 is 0 Å². The largest absolute Gasteiger partial charge is 0.312 e. The maximum absolute atomic E-state index is 12.5. The molecule has 0 aliphatic carbocycles. The Labute approximate surface area is 150 Å². The first-order chi connectivity index (χ1) is 12.3. The molecule has 2 N–H and O–H groups in total. The molecular formula is C19H18N4OS. The molecule has 3 heterocycles. The number of amides is 1. The van der Waals surface area contributed by atoms with Crippen LogP contribution < -0.4 is 10.6 Å². The van der Waals surface area contributed by atoms with Gasteiger partial charge in [-0.25, -0.2) is 4.98 Å². The second kappa shape index (κ2) is 7.13. The van der Waals surface area contributed by atoms with Gasteiger partial charge in [-0.2, -0.15) is 0 Å². The molecule has 1 aliphatic heterocycles. The molecule has 2 aromatic heterocycles. The topological polar surface area (TPSA) is 66.9 Å². The van der Waals surface area contributed by atoms with Crippen molar-refractivity contribution < 1.29 is 4.79 Å². The van der Waals surface area contributed by atoms with Crippen LogP contribution in [0.5, 0.6) is 0 Å². The summed E-state index contributed by atoms with van der Waals surface area (Å²) in [5, 5.41) is 6.88. The zero-order valence-electron chi connectivity index (χ0n) is 13.7. The number of hydrogen-bond acceptors (Lipinski definition) is 5. The third kappa shape index (κ3) is 3.75. The zero-order valence-corrected chi connectivity index (χ0v) is 14.5. The van der Waals surface area contributed by atoms with Gasteiger partial charge in [0, 0.05) is 42.0 Å². The van der Waals surface area contributed by atoms with E-state index in [0.717, 1.165) is 36.4 Å². The zero-order chi connectivity index (χ0) is 17.1. The second-order valence-electron chi connectivity index (χ2n) is 6.03. The van der Waals surface area contributed by atoms with E-state index in [2.05, 4.69) is 20.6 Å². The van der Waals surface area contributed by atoms with Gasteiger partial charge in [-0.1, -0.05) is 12.1 Å². The Hall–Kier alpha value is -2.57. The van der Waals surface area contributed by atoms with Crippen molar-refractivity contribution in [2.75, 3.05) is 11.9 Å². The molecule has 1 aromatic carbocycles. The summed E-state index contributed by atoms with van der Waals surface area (Å²) in [5.41, 5.74) is 4.34. The normalized spacial score (nSPS) is 13.3. The van der Waals surface area contributed by atoms with Crippen molar-refractivity contribution in [1.29, 1.82) is 0 Å². The number of nitrogens with zero attached hydrogens (tertiary/aromatic N) is 2. The molecule has 6 heteroatoms. The molecule has 0 spiro atoms. The molecular weight excluding hydrogens is 332 g/mol. The Balaban J connectivity index is 1.44. The van der Waals surface area contributed by atoms with Crippen LogP contribution in [-0.4, -0.2) is 22.4 Å². The summed E-state index contributed by atoms with van der Waals surface area (Å²) in [6.07, 6.45) is 7.15. The van der Waals surface area contributed by atoms with E-state index >= 15 is 0 Å². The number of benzene rings is 1. The molecule has 0 atom stereocenters. The van der Waals surface area contributed by atoms with Gasteiger partial charge in [0.1, 0.15) is 0 Å². The molecule has 3 aromatic rings. The number of fused-ring (bicyclic) bond motifs is 1. The average Bonchev–Trinajstić information content (AvgIpc) is 3.09. The number of pyridine rings is 1. The fourth-order valence-electron chi connectivity index (χ4n) is 2.94. The molecule has 0 fully saturated rings. The van der Waals surface area contributed by atoms with Crippen molar-refractivity contribution in [2.24, 2.45) is 0 Å². The van der Waals surface area contributed by atoms with E-state index < -0.39 is 0 Å². The lowest BCUT2D eigenvalue weighted by Crippen LogP contribution is -2.24. The van der Waals surface area contributed by atoms with Crippen molar-refractivity contribution in [3.8, 4) is 0 Å². The van der Waals surface area contributed by atoms with Crippen LogP contribution in [0.15, 0.2) is 48.9 Å². The highest BCUT2D eigenvalue weighted by atomic mass is 32.1. The summed E-state index contributed by atoms with van der Waals surface area (Å²) in [6.45, 7) is 1.84. The number of hydrogen-bond donors (Lipinski definition) is 2. The Kier molecular flexibility index (Phi) is 4.54. The first-order valence-corrected chi connectivity index (χ1v) is 9.07. The second-order valence-corrected chi connectivity index (χ2v) is 7.15. The molecule has 4 rings (SSSR count). The van der Waals surface area contributed by atoms with Crippen LogP contribution in [0, 0.1) is 0 Å². The first kappa shape index (κ1) is 15.9. The number of thiazole rings is 1. The summed E-state index contributed by atoms with van der Waals surface area (Å²) in [4.78, 5) is 22.0. The van der Waals surface area contributed by atoms with Crippen LogP contribution in [0.25, 0.3) is 0 Å². The van der Waals surface area contributed by atoms with Crippen LogP contribution in [0.2, 0.25) is 0 Å². The highest BCUT2D eigenvalue weighted by Gasteiger charge is 2.14. The minimum Gasteiger partial charge on any atom is -0.312 e. The minimum atomic E-state index is -0.108. The predicted molar refractivity (Wildman–Crippen MR) is 99.0 cm³/mol. The summed E-state index contributed by atoms with van der Waals surface area (Å²) in [6, 6.07) is 9.87. The van der Waals surface area contributed by atoms with Gasteiger partial charge in [-0.3, -0.25) is 15.1 Å². The van der Waals surface area contributed by atoms with Crippen LogP contribution in [0.4, 0.5) is 5.13 Å². The monoisotopic (exact) mass is 350 g/mol. The Morgan fingerprint density at radius 2 is 2.20 bits per heavy atom. The fraction of sp³-hybridized carbons (Fsp3) is 0.211. The number of nitrogens with one attached hydrogen (secondary N) is 2. The molecule has 126 valence electrons. The molecule has 1 amide bonds. The van der Waals surface area contributed by atoms with Gasteiger partial charge in [-0.05, 0) is 47.9 Å². The van der Waals surface area contributed by atoms with Crippen molar-refractivity contribution in [2.45, 2.75) is 19.4 Å². The number of anilines is 1. The smallest absolute Gasteiger partial charge is 0.257 e. The Morgan fingerprint density at radius 1 is 1.24 bits per heavy atom. The van der Waals surface area contributed by atoms with Gasteiger partial charge in [-0.15, -0.1) is 11.3 Å². The molecule has 0 saturated heterocycles. The van der Waals surface area contributed by atoms with Crippen molar-refractivity contribution in [3.63, 3.8) is 0 Å². The maximum atomic E-state index is 12.5. The van der Waals surface area contributed by atoms with Crippen LogP contribution in [-0.2, 0) is 19.4 Å². The SMILES string of the molecule is O=C(Nc1ncc(Cc2cccnc2)s1)c1ccc2c(c1)CCNC2. The molecule has 1 aliphatic rings. The lowest BCUT2D eigenvalue weighted by Gasteiger charge is -2.17. The average molecular weight is 350 g/mol. The van der Waals surface area contributed by atoms with Crippen molar-refractivity contribution in [1.82, 2.24) is 15.3 Å². The summed E-state index contributed by atoms with van der Waals surface area (Å²) < 4.78 is 0. The van der Waals surface area contributed by atoms with Crippen molar-refractivity contribution >= 4 is 22.4 Å². The van der Waals surface area contributed by atoms with Crippen LogP contribution in [0.1, 0.15) is 31.9 Å². The molecule has 0 radical (unpaired) electrons. The van der Waals surface area contributed by atoms with E-state index in [1.807, 2.05) is 42.7 Å².